The number of benzene rings is 1. The molecular formula is C26H34N4O. The van der Waals surface area contributed by atoms with Crippen LogP contribution in [-0.2, 0) is 11.2 Å². The minimum Gasteiger partial charge on any atom is -0.379 e. The van der Waals surface area contributed by atoms with Crippen LogP contribution in [0.15, 0.2) is 36.4 Å². The maximum atomic E-state index is 5.50. The summed E-state index contributed by atoms with van der Waals surface area (Å²) in [5, 5.41) is 3.40. The first-order valence-electron chi connectivity index (χ1n) is 11.7. The van der Waals surface area contributed by atoms with Crippen LogP contribution in [0.1, 0.15) is 29.7 Å². The highest BCUT2D eigenvalue weighted by molar-refractivity contribution is 5.76. The van der Waals surface area contributed by atoms with E-state index in [0.29, 0.717) is 6.04 Å². The highest BCUT2D eigenvalue weighted by Gasteiger charge is 2.30. The maximum absolute atomic E-state index is 5.50. The quantitative estimate of drug-likeness (QED) is 0.805. The number of nitrogens with zero attached hydrogens (tertiary/aromatic N) is 3. The van der Waals surface area contributed by atoms with Crippen LogP contribution < -0.4 is 10.2 Å². The first-order valence-corrected chi connectivity index (χ1v) is 11.7. The Morgan fingerprint density at radius 1 is 1.13 bits per heavy atom. The number of ether oxygens (including phenoxy) is 1. The number of fused-ring (bicyclic) bond motifs is 1. The van der Waals surface area contributed by atoms with E-state index in [1.54, 1.807) is 0 Å². The highest BCUT2D eigenvalue weighted by atomic mass is 16.5. The molecule has 3 aliphatic heterocycles. The van der Waals surface area contributed by atoms with Gasteiger partial charge < -0.3 is 15.0 Å². The largest absolute Gasteiger partial charge is 0.379 e. The molecule has 2 aromatic rings. The minimum absolute atomic E-state index is 0.541. The van der Waals surface area contributed by atoms with E-state index in [-0.39, 0.29) is 0 Å². The van der Waals surface area contributed by atoms with Gasteiger partial charge in [0, 0.05) is 61.8 Å². The van der Waals surface area contributed by atoms with Crippen molar-refractivity contribution >= 4 is 11.3 Å². The molecule has 5 nitrogen and oxygen atoms in total. The molecule has 4 heterocycles. The van der Waals surface area contributed by atoms with Gasteiger partial charge in [-0.1, -0.05) is 30.3 Å². The Balaban J connectivity index is 1.36. The van der Waals surface area contributed by atoms with Crippen molar-refractivity contribution < 1.29 is 4.74 Å². The second kappa shape index (κ2) is 9.11. The second-order valence-electron chi connectivity index (χ2n) is 9.08. The summed E-state index contributed by atoms with van der Waals surface area (Å²) in [7, 11) is 2.26. The van der Waals surface area contributed by atoms with Gasteiger partial charge in [-0.15, -0.1) is 0 Å². The monoisotopic (exact) mass is 418 g/mol. The zero-order valence-corrected chi connectivity index (χ0v) is 18.9. The van der Waals surface area contributed by atoms with Gasteiger partial charge >= 0.3 is 0 Å². The summed E-state index contributed by atoms with van der Waals surface area (Å²) < 4.78 is 5.50. The zero-order valence-electron chi connectivity index (χ0n) is 18.9. The molecule has 0 spiro atoms. The summed E-state index contributed by atoms with van der Waals surface area (Å²) in [5.41, 5.74) is 9.07. The van der Waals surface area contributed by atoms with Crippen LogP contribution in [0.25, 0.3) is 16.8 Å². The van der Waals surface area contributed by atoms with Gasteiger partial charge in [-0.2, -0.15) is 0 Å². The van der Waals surface area contributed by atoms with E-state index in [1.165, 1.54) is 40.1 Å². The van der Waals surface area contributed by atoms with Crippen molar-refractivity contribution in [1.29, 1.82) is 0 Å². The van der Waals surface area contributed by atoms with E-state index in [9.17, 15) is 0 Å². The standard InChI is InChI=1S/C26H34N4O/c1-19-17-25-24(18-23(29(25)2)9-12-30-13-15-31-16-14-30)26(28-19)22-5-3-20(4-6-22)21-7-10-27-11-8-21/h3-7,17,23,27H,8-16,18H2,1-2H3. The molecule has 31 heavy (non-hydrogen) atoms. The summed E-state index contributed by atoms with van der Waals surface area (Å²) in [4.78, 5) is 10.0. The summed E-state index contributed by atoms with van der Waals surface area (Å²) in [6.45, 7) is 9.18. The fourth-order valence-corrected chi connectivity index (χ4v) is 5.19. The number of rotatable bonds is 5. The van der Waals surface area contributed by atoms with Gasteiger partial charge in [-0.3, -0.25) is 9.88 Å². The van der Waals surface area contributed by atoms with Gasteiger partial charge in [0.1, 0.15) is 0 Å². The number of anilines is 1. The van der Waals surface area contributed by atoms with Crippen molar-refractivity contribution in [2.75, 3.05) is 57.9 Å². The lowest BCUT2D eigenvalue weighted by atomic mass is 9.96. The van der Waals surface area contributed by atoms with Crippen LogP contribution in [0, 0.1) is 6.92 Å². The fourth-order valence-electron chi connectivity index (χ4n) is 5.19. The summed E-state index contributed by atoms with van der Waals surface area (Å²) in [6, 6.07) is 11.9. The molecule has 0 bridgehead atoms. The molecule has 1 fully saturated rings. The molecule has 5 rings (SSSR count). The highest BCUT2D eigenvalue weighted by Crippen LogP contribution is 2.39. The molecule has 1 N–H and O–H groups in total. The van der Waals surface area contributed by atoms with Crippen molar-refractivity contribution in [3.63, 3.8) is 0 Å². The number of hydrogen-bond donors (Lipinski definition) is 1. The van der Waals surface area contributed by atoms with Gasteiger partial charge in [-0.25, -0.2) is 0 Å². The molecule has 3 aliphatic rings. The number of morpholine rings is 1. The van der Waals surface area contributed by atoms with Gasteiger partial charge in [-0.05, 0) is 49.9 Å². The molecule has 1 atom stereocenters. The first kappa shape index (κ1) is 20.7. The lowest BCUT2D eigenvalue weighted by Crippen LogP contribution is -2.39. The zero-order chi connectivity index (χ0) is 21.2. The van der Waals surface area contributed by atoms with E-state index in [2.05, 4.69) is 65.5 Å². The molecular weight excluding hydrogens is 384 g/mol. The minimum atomic E-state index is 0.541. The summed E-state index contributed by atoms with van der Waals surface area (Å²) in [5.74, 6) is 0. The second-order valence-corrected chi connectivity index (χ2v) is 9.08. The SMILES string of the molecule is Cc1cc2c(c(-c3ccc(C4=CCNCC4)cc3)n1)CC(CCN1CCOCC1)N2C. The van der Waals surface area contributed by atoms with Crippen molar-refractivity contribution in [3.8, 4) is 11.3 Å². The molecule has 0 radical (unpaired) electrons. The first-order chi connectivity index (χ1) is 15.2. The van der Waals surface area contributed by atoms with Gasteiger partial charge in [0.25, 0.3) is 0 Å². The van der Waals surface area contributed by atoms with Crippen molar-refractivity contribution in [2.45, 2.75) is 32.2 Å². The molecule has 1 aromatic carbocycles. The molecule has 1 unspecified atom stereocenters. The van der Waals surface area contributed by atoms with E-state index in [4.69, 9.17) is 9.72 Å². The van der Waals surface area contributed by atoms with E-state index < -0.39 is 0 Å². The van der Waals surface area contributed by atoms with Crippen LogP contribution in [-0.4, -0.2) is 68.9 Å². The summed E-state index contributed by atoms with van der Waals surface area (Å²) in [6.07, 6.45) is 5.68. The van der Waals surface area contributed by atoms with Crippen LogP contribution in [0.5, 0.6) is 0 Å². The van der Waals surface area contributed by atoms with Gasteiger partial charge in [0.15, 0.2) is 0 Å². The maximum Gasteiger partial charge on any atom is 0.0758 e. The third-order valence-corrected chi connectivity index (χ3v) is 7.07. The average molecular weight is 419 g/mol. The summed E-state index contributed by atoms with van der Waals surface area (Å²) >= 11 is 0. The number of nitrogens with one attached hydrogen (secondary N) is 1. The molecule has 1 saturated heterocycles. The lowest BCUT2D eigenvalue weighted by molar-refractivity contribution is 0.0367. The van der Waals surface area contributed by atoms with Gasteiger partial charge in [0.05, 0.1) is 18.9 Å². The topological polar surface area (TPSA) is 40.6 Å². The molecule has 0 amide bonds. The van der Waals surface area contributed by atoms with Crippen molar-refractivity contribution in [1.82, 2.24) is 15.2 Å². The Morgan fingerprint density at radius 3 is 2.65 bits per heavy atom. The van der Waals surface area contributed by atoms with Crippen LogP contribution in [0.2, 0.25) is 0 Å². The molecule has 0 aliphatic carbocycles. The number of pyridine rings is 1. The smallest absolute Gasteiger partial charge is 0.0758 e. The van der Waals surface area contributed by atoms with Gasteiger partial charge in [0.2, 0.25) is 0 Å². The van der Waals surface area contributed by atoms with E-state index in [1.807, 2.05) is 0 Å². The third kappa shape index (κ3) is 4.40. The third-order valence-electron chi connectivity index (χ3n) is 7.07. The molecule has 1 aromatic heterocycles. The Labute approximate surface area is 186 Å². The van der Waals surface area contributed by atoms with Crippen LogP contribution in [0.3, 0.4) is 0 Å². The molecule has 0 saturated carbocycles. The number of aryl methyl sites for hydroxylation is 1. The molecule has 5 heteroatoms. The normalized spacial score (nSPS) is 21.8. The number of aromatic nitrogens is 1. The fraction of sp³-hybridized carbons (Fsp3) is 0.500. The van der Waals surface area contributed by atoms with Crippen molar-refractivity contribution in [3.05, 3.63) is 53.2 Å². The van der Waals surface area contributed by atoms with Crippen LogP contribution >= 0.6 is 0 Å². The van der Waals surface area contributed by atoms with Crippen LogP contribution in [0.4, 0.5) is 5.69 Å². The number of hydrogen-bond acceptors (Lipinski definition) is 5. The Kier molecular flexibility index (Phi) is 6.08. The Morgan fingerprint density at radius 2 is 1.90 bits per heavy atom. The molecule has 164 valence electrons. The lowest BCUT2D eigenvalue weighted by Gasteiger charge is -2.29. The predicted molar refractivity (Wildman–Crippen MR) is 128 cm³/mol. The van der Waals surface area contributed by atoms with Crippen molar-refractivity contribution in [2.24, 2.45) is 0 Å². The number of likely N-dealkylation sites (N-methyl/N-ethyl adjacent to an activating group) is 1. The average Bonchev–Trinajstić information content (AvgIpc) is 3.14. The predicted octanol–water partition coefficient (Wildman–Crippen LogP) is 3.52. The Bertz CT molecular complexity index is 947. The Hall–Kier alpha value is -2.21. The van der Waals surface area contributed by atoms with E-state index in [0.717, 1.165) is 64.5 Å². The van der Waals surface area contributed by atoms with E-state index >= 15 is 0 Å².